The molecule has 2 rings (SSSR count). The molecule has 2 N–H and O–H groups in total. The molecule has 0 unspecified atom stereocenters. The van der Waals surface area contributed by atoms with Gasteiger partial charge in [0.1, 0.15) is 5.75 Å². The highest BCUT2D eigenvalue weighted by Crippen LogP contribution is 2.11. The maximum absolute atomic E-state index is 12.0. The molecule has 0 aliphatic carbocycles. The number of aliphatic hydroxyl groups excluding tert-OH is 1. The van der Waals surface area contributed by atoms with Crippen molar-refractivity contribution in [3.05, 3.63) is 65.2 Å². The van der Waals surface area contributed by atoms with E-state index in [4.69, 9.17) is 9.84 Å². The molecule has 0 aliphatic heterocycles. The average molecular weight is 271 g/mol. The largest absolute Gasteiger partial charge is 0.497 e. The van der Waals surface area contributed by atoms with Gasteiger partial charge in [0.25, 0.3) is 5.91 Å². The summed E-state index contributed by atoms with van der Waals surface area (Å²) in [6.07, 6.45) is 0. The van der Waals surface area contributed by atoms with Crippen LogP contribution in [0.3, 0.4) is 0 Å². The standard InChI is InChI=1S/C16H17NO3/c1-20-15-7-5-14(6-8-15)16(19)17-10-12-3-2-4-13(9-12)11-18/h2-9,18H,10-11H2,1H3,(H,17,19). The van der Waals surface area contributed by atoms with Crippen LogP contribution >= 0.6 is 0 Å². The fraction of sp³-hybridized carbons (Fsp3) is 0.188. The lowest BCUT2D eigenvalue weighted by Crippen LogP contribution is -2.22. The van der Waals surface area contributed by atoms with E-state index in [1.54, 1.807) is 31.4 Å². The number of carbonyl (C=O) groups excluding carboxylic acids is 1. The van der Waals surface area contributed by atoms with Crippen LogP contribution < -0.4 is 10.1 Å². The molecule has 20 heavy (non-hydrogen) atoms. The molecule has 0 bridgehead atoms. The lowest BCUT2D eigenvalue weighted by atomic mass is 10.1. The molecular weight excluding hydrogens is 254 g/mol. The molecular formula is C16H17NO3. The van der Waals surface area contributed by atoms with E-state index in [2.05, 4.69) is 5.32 Å². The third kappa shape index (κ3) is 3.59. The first-order chi connectivity index (χ1) is 9.72. The molecule has 2 aromatic carbocycles. The minimum absolute atomic E-state index is 0.000264. The molecule has 1 amide bonds. The molecule has 2 aromatic rings. The molecule has 0 fully saturated rings. The van der Waals surface area contributed by atoms with Gasteiger partial charge in [0.05, 0.1) is 13.7 Å². The van der Waals surface area contributed by atoms with Crippen LogP contribution in [-0.2, 0) is 13.2 Å². The van der Waals surface area contributed by atoms with E-state index in [0.717, 1.165) is 16.9 Å². The van der Waals surface area contributed by atoms with Gasteiger partial charge in [-0.25, -0.2) is 0 Å². The van der Waals surface area contributed by atoms with E-state index in [-0.39, 0.29) is 12.5 Å². The molecule has 0 atom stereocenters. The van der Waals surface area contributed by atoms with E-state index in [1.165, 1.54) is 0 Å². The number of amides is 1. The van der Waals surface area contributed by atoms with Gasteiger partial charge < -0.3 is 15.2 Å². The van der Waals surface area contributed by atoms with Crippen LogP contribution in [0.1, 0.15) is 21.5 Å². The fourth-order valence-electron chi connectivity index (χ4n) is 1.86. The zero-order valence-electron chi connectivity index (χ0n) is 11.3. The van der Waals surface area contributed by atoms with E-state index < -0.39 is 0 Å². The highest BCUT2D eigenvalue weighted by molar-refractivity contribution is 5.94. The molecule has 4 nitrogen and oxygen atoms in total. The smallest absolute Gasteiger partial charge is 0.251 e. The van der Waals surface area contributed by atoms with Gasteiger partial charge in [0.15, 0.2) is 0 Å². The quantitative estimate of drug-likeness (QED) is 0.875. The summed E-state index contributed by atoms with van der Waals surface area (Å²) in [5.41, 5.74) is 2.38. The Morgan fingerprint density at radius 3 is 2.50 bits per heavy atom. The Bertz CT molecular complexity index is 579. The predicted octanol–water partition coefficient (Wildman–Crippen LogP) is 2.12. The monoisotopic (exact) mass is 271 g/mol. The minimum Gasteiger partial charge on any atom is -0.497 e. The molecule has 104 valence electrons. The molecule has 0 aromatic heterocycles. The molecule has 0 saturated heterocycles. The summed E-state index contributed by atoms with van der Waals surface area (Å²) < 4.78 is 5.05. The van der Waals surface area contributed by atoms with E-state index in [1.807, 2.05) is 24.3 Å². The molecule has 0 heterocycles. The second-order valence-corrected chi connectivity index (χ2v) is 4.39. The van der Waals surface area contributed by atoms with E-state index >= 15 is 0 Å². The van der Waals surface area contributed by atoms with Crippen LogP contribution in [0.25, 0.3) is 0 Å². The Hall–Kier alpha value is -2.33. The normalized spacial score (nSPS) is 10.1. The fourth-order valence-corrected chi connectivity index (χ4v) is 1.86. The summed E-state index contributed by atoms with van der Waals surface area (Å²) in [5, 5.41) is 11.9. The molecule has 0 spiro atoms. The third-order valence-corrected chi connectivity index (χ3v) is 2.98. The average Bonchev–Trinajstić information content (AvgIpc) is 2.53. The van der Waals surface area contributed by atoms with Gasteiger partial charge in [-0.05, 0) is 35.4 Å². The lowest BCUT2D eigenvalue weighted by Gasteiger charge is -2.07. The van der Waals surface area contributed by atoms with Gasteiger partial charge in [0.2, 0.25) is 0 Å². The summed E-state index contributed by atoms with van der Waals surface area (Å²) in [6.45, 7) is 0.430. The van der Waals surface area contributed by atoms with Gasteiger partial charge in [-0.15, -0.1) is 0 Å². The highest BCUT2D eigenvalue weighted by atomic mass is 16.5. The van der Waals surface area contributed by atoms with Crippen molar-refractivity contribution in [1.29, 1.82) is 0 Å². The van der Waals surface area contributed by atoms with Crippen molar-refractivity contribution in [3.63, 3.8) is 0 Å². The number of nitrogens with one attached hydrogen (secondary N) is 1. The summed E-state index contributed by atoms with van der Waals surface area (Å²) in [5.74, 6) is 0.583. The van der Waals surface area contributed by atoms with Crippen molar-refractivity contribution in [2.45, 2.75) is 13.2 Å². The zero-order valence-corrected chi connectivity index (χ0v) is 11.3. The number of hydrogen-bond donors (Lipinski definition) is 2. The second kappa shape index (κ2) is 6.73. The highest BCUT2D eigenvalue weighted by Gasteiger charge is 2.05. The number of carbonyl (C=O) groups is 1. The van der Waals surface area contributed by atoms with Crippen LogP contribution in [0.15, 0.2) is 48.5 Å². The summed E-state index contributed by atoms with van der Waals surface area (Å²) in [7, 11) is 1.59. The summed E-state index contributed by atoms with van der Waals surface area (Å²) >= 11 is 0. The maximum Gasteiger partial charge on any atom is 0.251 e. The van der Waals surface area contributed by atoms with Crippen LogP contribution in [-0.4, -0.2) is 18.1 Å². The van der Waals surface area contributed by atoms with Crippen molar-refractivity contribution in [1.82, 2.24) is 5.32 Å². The van der Waals surface area contributed by atoms with Crippen molar-refractivity contribution in [2.75, 3.05) is 7.11 Å². The van der Waals surface area contributed by atoms with Crippen molar-refractivity contribution in [2.24, 2.45) is 0 Å². The Kier molecular flexibility index (Phi) is 4.74. The Balaban J connectivity index is 1.97. The van der Waals surface area contributed by atoms with Gasteiger partial charge in [0, 0.05) is 12.1 Å². The number of hydrogen-bond acceptors (Lipinski definition) is 3. The number of aliphatic hydroxyl groups is 1. The Morgan fingerprint density at radius 2 is 1.85 bits per heavy atom. The van der Waals surface area contributed by atoms with Crippen molar-refractivity contribution >= 4 is 5.91 Å². The summed E-state index contributed by atoms with van der Waals surface area (Å²) in [4.78, 5) is 12.0. The Labute approximate surface area is 118 Å². The van der Waals surface area contributed by atoms with E-state index in [9.17, 15) is 4.79 Å². The molecule has 0 radical (unpaired) electrons. The number of rotatable bonds is 5. The minimum atomic E-state index is -0.137. The molecule has 4 heteroatoms. The third-order valence-electron chi connectivity index (χ3n) is 2.98. The van der Waals surface area contributed by atoms with E-state index in [0.29, 0.717) is 12.1 Å². The first-order valence-corrected chi connectivity index (χ1v) is 6.34. The van der Waals surface area contributed by atoms with Crippen LogP contribution in [0, 0.1) is 0 Å². The summed E-state index contributed by atoms with van der Waals surface area (Å²) in [6, 6.07) is 14.4. The topological polar surface area (TPSA) is 58.6 Å². The van der Waals surface area contributed by atoms with Gasteiger partial charge in [-0.3, -0.25) is 4.79 Å². The zero-order chi connectivity index (χ0) is 14.4. The SMILES string of the molecule is COc1ccc(C(=O)NCc2cccc(CO)c2)cc1. The number of ether oxygens (including phenoxy) is 1. The Morgan fingerprint density at radius 1 is 1.15 bits per heavy atom. The van der Waals surface area contributed by atoms with Crippen LogP contribution in [0.4, 0.5) is 0 Å². The van der Waals surface area contributed by atoms with Crippen LogP contribution in [0.5, 0.6) is 5.75 Å². The second-order valence-electron chi connectivity index (χ2n) is 4.39. The number of benzene rings is 2. The van der Waals surface area contributed by atoms with Gasteiger partial charge in [-0.1, -0.05) is 24.3 Å². The maximum atomic E-state index is 12.0. The van der Waals surface area contributed by atoms with Crippen LogP contribution in [0.2, 0.25) is 0 Å². The van der Waals surface area contributed by atoms with Gasteiger partial charge >= 0.3 is 0 Å². The van der Waals surface area contributed by atoms with Crippen molar-refractivity contribution < 1.29 is 14.6 Å². The molecule has 0 aliphatic rings. The first-order valence-electron chi connectivity index (χ1n) is 6.34. The predicted molar refractivity (Wildman–Crippen MR) is 76.5 cm³/mol. The van der Waals surface area contributed by atoms with Crippen molar-refractivity contribution in [3.8, 4) is 5.75 Å². The lowest BCUT2D eigenvalue weighted by molar-refractivity contribution is 0.0951. The first kappa shape index (κ1) is 14.1. The number of methoxy groups -OCH3 is 1. The molecule has 0 saturated carbocycles. The van der Waals surface area contributed by atoms with Gasteiger partial charge in [-0.2, -0.15) is 0 Å².